The summed E-state index contributed by atoms with van der Waals surface area (Å²) in [5, 5.41) is 21.4. The number of aromatic hydroxyl groups is 1. The number of hydrogen-bond donors (Lipinski definition) is 2. The predicted octanol–water partition coefficient (Wildman–Crippen LogP) is 5.43. The van der Waals surface area contributed by atoms with Crippen molar-refractivity contribution in [3.05, 3.63) is 95.1 Å². The summed E-state index contributed by atoms with van der Waals surface area (Å²) in [5.41, 5.74) is 3.64. The molecule has 0 radical (unpaired) electrons. The molecule has 1 saturated heterocycles. The number of nitrogens with zero attached hydrogens (tertiary/aromatic N) is 2. The van der Waals surface area contributed by atoms with E-state index in [-0.39, 0.29) is 17.1 Å². The number of benzene rings is 3. The zero-order valence-corrected chi connectivity index (χ0v) is 20.2. The number of phenols is 1. The summed E-state index contributed by atoms with van der Waals surface area (Å²) >= 11 is 0. The van der Waals surface area contributed by atoms with Crippen molar-refractivity contribution in [3.8, 4) is 5.75 Å². The number of rotatable bonds is 7. The van der Waals surface area contributed by atoms with Crippen LogP contribution in [0.5, 0.6) is 5.75 Å². The number of aryl methyl sites for hydroxylation is 1. The third-order valence-corrected chi connectivity index (χ3v) is 6.52. The van der Waals surface area contributed by atoms with Crippen molar-refractivity contribution in [2.45, 2.75) is 33.2 Å². The zero-order chi connectivity index (χ0) is 25.1. The second kappa shape index (κ2) is 10.1. The van der Waals surface area contributed by atoms with E-state index in [1.165, 1.54) is 17.0 Å². The molecular formula is C29H30N2O4. The maximum Gasteiger partial charge on any atom is 0.300 e. The molecule has 1 amide bonds. The van der Waals surface area contributed by atoms with Gasteiger partial charge in [-0.3, -0.25) is 14.5 Å². The van der Waals surface area contributed by atoms with Gasteiger partial charge in [-0.2, -0.15) is 0 Å². The van der Waals surface area contributed by atoms with Crippen LogP contribution in [0.2, 0.25) is 0 Å². The van der Waals surface area contributed by atoms with Gasteiger partial charge in [0.15, 0.2) is 0 Å². The Morgan fingerprint density at radius 3 is 2.14 bits per heavy atom. The number of Topliss-reactive ketones (excluding diaryl/α,β-unsaturated/α-hetero) is 1. The minimum Gasteiger partial charge on any atom is -0.508 e. The highest BCUT2D eigenvalue weighted by atomic mass is 16.3. The fourth-order valence-corrected chi connectivity index (χ4v) is 4.58. The van der Waals surface area contributed by atoms with E-state index in [0.29, 0.717) is 16.8 Å². The van der Waals surface area contributed by atoms with E-state index in [9.17, 15) is 19.8 Å². The Morgan fingerprint density at radius 2 is 1.57 bits per heavy atom. The van der Waals surface area contributed by atoms with Gasteiger partial charge in [0.25, 0.3) is 11.7 Å². The molecule has 3 aromatic carbocycles. The summed E-state index contributed by atoms with van der Waals surface area (Å²) in [6.07, 6.45) is 0.845. The monoisotopic (exact) mass is 470 g/mol. The highest BCUT2D eigenvalue weighted by Crippen LogP contribution is 2.43. The first kappa shape index (κ1) is 24.1. The molecule has 6 nitrogen and oxygen atoms in total. The molecule has 180 valence electrons. The van der Waals surface area contributed by atoms with Crippen molar-refractivity contribution in [2.75, 3.05) is 22.9 Å². The lowest BCUT2D eigenvalue weighted by molar-refractivity contribution is -0.132. The van der Waals surface area contributed by atoms with Gasteiger partial charge in [-0.15, -0.1) is 0 Å². The lowest BCUT2D eigenvalue weighted by Gasteiger charge is -2.27. The highest BCUT2D eigenvalue weighted by Gasteiger charge is 2.47. The number of amides is 1. The number of ketones is 1. The molecule has 2 N–H and O–H groups in total. The van der Waals surface area contributed by atoms with E-state index in [1.807, 2.05) is 43.3 Å². The summed E-state index contributed by atoms with van der Waals surface area (Å²) in [7, 11) is 0. The Kier molecular flexibility index (Phi) is 6.92. The molecule has 0 saturated carbocycles. The van der Waals surface area contributed by atoms with E-state index >= 15 is 0 Å². The van der Waals surface area contributed by atoms with Crippen LogP contribution in [0, 0.1) is 0 Å². The van der Waals surface area contributed by atoms with Gasteiger partial charge < -0.3 is 15.1 Å². The van der Waals surface area contributed by atoms with Gasteiger partial charge in [0, 0.05) is 30.0 Å². The van der Waals surface area contributed by atoms with Crippen LogP contribution in [0.25, 0.3) is 5.76 Å². The van der Waals surface area contributed by atoms with Crippen molar-refractivity contribution in [3.63, 3.8) is 0 Å². The van der Waals surface area contributed by atoms with Gasteiger partial charge in [0.2, 0.25) is 0 Å². The summed E-state index contributed by atoms with van der Waals surface area (Å²) in [4.78, 5) is 30.2. The van der Waals surface area contributed by atoms with E-state index in [0.717, 1.165) is 30.8 Å². The average molecular weight is 471 g/mol. The molecule has 0 aromatic heterocycles. The molecule has 6 heteroatoms. The van der Waals surface area contributed by atoms with Gasteiger partial charge in [0.1, 0.15) is 11.5 Å². The molecule has 1 atom stereocenters. The molecule has 35 heavy (non-hydrogen) atoms. The highest BCUT2D eigenvalue weighted by molar-refractivity contribution is 6.51. The number of aliphatic hydroxyl groups is 1. The molecule has 0 bridgehead atoms. The Morgan fingerprint density at radius 1 is 0.914 bits per heavy atom. The average Bonchev–Trinajstić information content (AvgIpc) is 3.15. The van der Waals surface area contributed by atoms with Crippen molar-refractivity contribution in [1.82, 2.24) is 0 Å². The zero-order valence-electron chi connectivity index (χ0n) is 20.2. The molecule has 4 rings (SSSR count). The number of phenolic OH excluding ortho intramolecular Hbond substituents is 1. The van der Waals surface area contributed by atoms with Crippen LogP contribution in [0.15, 0.2) is 78.4 Å². The molecule has 1 fully saturated rings. The van der Waals surface area contributed by atoms with Crippen LogP contribution >= 0.6 is 0 Å². The van der Waals surface area contributed by atoms with E-state index in [1.54, 1.807) is 24.3 Å². The van der Waals surface area contributed by atoms with Crippen LogP contribution < -0.4 is 9.80 Å². The fraction of sp³-hybridized carbons (Fsp3) is 0.241. The van der Waals surface area contributed by atoms with Crippen LogP contribution in [0.4, 0.5) is 11.4 Å². The Hall–Kier alpha value is -4.06. The van der Waals surface area contributed by atoms with Crippen molar-refractivity contribution in [1.29, 1.82) is 0 Å². The first-order valence-electron chi connectivity index (χ1n) is 11.9. The molecule has 1 unspecified atom stereocenters. The SMILES string of the molecule is CCc1ccc(/C(O)=C2/C(=O)C(=O)N(c3ccc(N(CC)CC)cc3)C2c2cccc(O)c2)cc1. The lowest BCUT2D eigenvalue weighted by atomic mass is 9.94. The Bertz CT molecular complexity index is 1260. The van der Waals surface area contributed by atoms with Gasteiger partial charge in [-0.25, -0.2) is 0 Å². The second-order valence-electron chi connectivity index (χ2n) is 8.50. The predicted molar refractivity (Wildman–Crippen MR) is 139 cm³/mol. The third kappa shape index (κ3) is 4.52. The third-order valence-electron chi connectivity index (χ3n) is 6.52. The normalized spacial score (nSPS) is 17.1. The number of carbonyl (C=O) groups excluding carboxylic acids is 2. The number of aliphatic hydroxyl groups excluding tert-OH is 1. The smallest absolute Gasteiger partial charge is 0.300 e. The minimum atomic E-state index is -0.882. The van der Waals surface area contributed by atoms with E-state index in [2.05, 4.69) is 18.7 Å². The van der Waals surface area contributed by atoms with Crippen LogP contribution in [-0.2, 0) is 16.0 Å². The first-order valence-corrected chi connectivity index (χ1v) is 11.9. The minimum absolute atomic E-state index is 0.00216. The van der Waals surface area contributed by atoms with Crippen molar-refractivity contribution in [2.24, 2.45) is 0 Å². The van der Waals surface area contributed by atoms with Crippen molar-refractivity contribution >= 4 is 28.8 Å². The standard InChI is InChI=1S/C29H30N2O4/c1-4-19-10-12-20(13-11-19)27(33)25-26(21-8-7-9-24(32)18-21)31(29(35)28(25)34)23-16-14-22(15-17-23)30(5-2)6-3/h7-18,26,32-33H,4-6H2,1-3H3/b27-25-. The molecule has 1 heterocycles. The van der Waals surface area contributed by atoms with E-state index in [4.69, 9.17) is 0 Å². The largest absolute Gasteiger partial charge is 0.508 e. The number of hydrogen-bond acceptors (Lipinski definition) is 5. The number of anilines is 2. The lowest BCUT2D eigenvalue weighted by Crippen LogP contribution is -2.29. The molecule has 1 aliphatic rings. The maximum absolute atomic E-state index is 13.3. The topological polar surface area (TPSA) is 81.1 Å². The Labute approximate surface area is 205 Å². The van der Waals surface area contributed by atoms with Crippen LogP contribution in [0.1, 0.15) is 43.5 Å². The second-order valence-corrected chi connectivity index (χ2v) is 8.50. The van der Waals surface area contributed by atoms with E-state index < -0.39 is 17.7 Å². The van der Waals surface area contributed by atoms with Gasteiger partial charge in [-0.1, -0.05) is 43.3 Å². The molecule has 0 spiro atoms. The summed E-state index contributed by atoms with van der Waals surface area (Å²) in [6, 6.07) is 20.3. The Balaban J connectivity index is 1.86. The summed E-state index contributed by atoms with van der Waals surface area (Å²) < 4.78 is 0. The van der Waals surface area contributed by atoms with Crippen LogP contribution in [0.3, 0.4) is 0 Å². The maximum atomic E-state index is 13.3. The number of carbonyl (C=O) groups is 2. The molecule has 0 aliphatic carbocycles. The summed E-state index contributed by atoms with van der Waals surface area (Å²) in [5.74, 6) is -1.71. The summed E-state index contributed by atoms with van der Waals surface area (Å²) in [6.45, 7) is 7.88. The van der Waals surface area contributed by atoms with Gasteiger partial charge >= 0.3 is 0 Å². The first-order chi connectivity index (χ1) is 16.9. The molecule has 1 aliphatic heterocycles. The molecular weight excluding hydrogens is 440 g/mol. The fourth-order valence-electron chi connectivity index (χ4n) is 4.58. The van der Waals surface area contributed by atoms with Gasteiger partial charge in [0.05, 0.1) is 11.6 Å². The van der Waals surface area contributed by atoms with Crippen molar-refractivity contribution < 1.29 is 19.8 Å². The van der Waals surface area contributed by atoms with Crippen LogP contribution in [-0.4, -0.2) is 35.0 Å². The quantitative estimate of drug-likeness (QED) is 0.274. The molecule has 3 aromatic rings. The van der Waals surface area contributed by atoms with Gasteiger partial charge in [-0.05, 0) is 67.8 Å².